The highest BCUT2D eigenvalue weighted by Gasteiger charge is 2.38. The molecule has 2 rings (SSSR count). The maximum absolute atomic E-state index is 12.3. The van der Waals surface area contributed by atoms with Crippen molar-refractivity contribution in [3.8, 4) is 11.8 Å². The molecule has 1 aromatic rings. The van der Waals surface area contributed by atoms with E-state index in [2.05, 4.69) is 0 Å². The third-order valence-electron chi connectivity index (χ3n) is 4.05. The SMILES string of the molecule is CC(=O)OC(C)OC(=O)c1cccc2c1OB(O)[C@@H](CC(=O)CCC#N)C2. The number of hydrogen-bond acceptors (Lipinski definition) is 8. The van der Waals surface area contributed by atoms with Gasteiger partial charge in [-0.2, -0.15) is 5.26 Å². The van der Waals surface area contributed by atoms with Crippen LogP contribution < -0.4 is 4.65 Å². The number of fused-ring (bicyclic) bond motifs is 1. The van der Waals surface area contributed by atoms with Crippen molar-refractivity contribution in [3.63, 3.8) is 0 Å². The van der Waals surface area contributed by atoms with Crippen LogP contribution in [0.4, 0.5) is 0 Å². The molecule has 1 aliphatic rings. The van der Waals surface area contributed by atoms with Crippen molar-refractivity contribution in [2.45, 2.75) is 51.6 Å². The van der Waals surface area contributed by atoms with E-state index in [0.29, 0.717) is 12.0 Å². The minimum atomic E-state index is -1.26. The lowest BCUT2D eigenvalue weighted by atomic mass is 9.64. The number of carbonyl (C=O) groups is 3. The normalized spacial score (nSPS) is 16.4. The molecule has 0 aliphatic carbocycles. The molecule has 1 aromatic carbocycles. The van der Waals surface area contributed by atoms with Crippen LogP contribution in [0.25, 0.3) is 0 Å². The predicted molar refractivity (Wildman–Crippen MR) is 93.6 cm³/mol. The van der Waals surface area contributed by atoms with Gasteiger partial charge in [0, 0.05) is 38.9 Å². The maximum atomic E-state index is 12.3. The Morgan fingerprint density at radius 2 is 2.15 bits per heavy atom. The Bertz CT molecular complexity index is 773. The lowest BCUT2D eigenvalue weighted by molar-refractivity contribution is -0.162. The molecular formula is C18H20BNO7. The number of benzene rings is 1. The van der Waals surface area contributed by atoms with Gasteiger partial charge in [-0.25, -0.2) is 4.79 Å². The Balaban J connectivity index is 2.11. The van der Waals surface area contributed by atoms with Gasteiger partial charge in [0.05, 0.1) is 6.07 Å². The van der Waals surface area contributed by atoms with Gasteiger partial charge in [0.25, 0.3) is 0 Å². The molecule has 0 amide bonds. The third kappa shape index (κ3) is 5.56. The Kier molecular flexibility index (Phi) is 6.96. The predicted octanol–water partition coefficient (Wildman–Crippen LogP) is 1.80. The van der Waals surface area contributed by atoms with Gasteiger partial charge in [-0.05, 0) is 18.1 Å². The number of nitriles is 1. The molecular weight excluding hydrogens is 353 g/mol. The fourth-order valence-electron chi connectivity index (χ4n) is 2.88. The topological polar surface area (TPSA) is 123 Å². The quantitative estimate of drug-likeness (QED) is 0.436. The molecule has 0 radical (unpaired) electrons. The second kappa shape index (κ2) is 9.19. The average molecular weight is 373 g/mol. The highest BCUT2D eigenvalue weighted by atomic mass is 16.7. The summed E-state index contributed by atoms with van der Waals surface area (Å²) >= 11 is 0. The summed E-state index contributed by atoms with van der Waals surface area (Å²) in [5.74, 6) is -1.74. The number of carbonyl (C=O) groups excluding carboxylic acids is 3. The molecule has 1 unspecified atom stereocenters. The molecule has 0 saturated carbocycles. The molecule has 0 aromatic heterocycles. The van der Waals surface area contributed by atoms with Crippen molar-refractivity contribution in [3.05, 3.63) is 29.3 Å². The van der Waals surface area contributed by atoms with Gasteiger partial charge in [0.2, 0.25) is 6.29 Å². The number of hydrogen-bond donors (Lipinski definition) is 1. The van der Waals surface area contributed by atoms with E-state index < -0.39 is 31.2 Å². The standard InChI is InChI=1S/C18H20BNO7/c1-11(21)25-12(2)26-18(23)16-7-3-5-13-9-14(19(24)27-17(13)16)10-15(22)6-4-8-20/h3,5,7,12,14,24H,4,6,9-10H2,1-2H3/t12?,14-/m1/s1. The summed E-state index contributed by atoms with van der Waals surface area (Å²) in [6.45, 7) is 2.61. The molecule has 9 heteroatoms. The first-order valence-electron chi connectivity index (χ1n) is 8.55. The van der Waals surface area contributed by atoms with Crippen LogP contribution in [0.1, 0.15) is 49.0 Å². The molecule has 8 nitrogen and oxygen atoms in total. The lowest BCUT2D eigenvalue weighted by Gasteiger charge is -2.28. The van der Waals surface area contributed by atoms with Gasteiger partial charge in [0.1, 0.15) is 17.1 Å². The van der Waals surface area contributed by atoms with E-state index in [-0.39, 0.29) is 36.4 Å². The number of ketones is 1. The summed E-state index contributed by atoms with van der Waals surface area (Å²) < 4.78 is 15.3. The molecule has 0 saturated heterocycles. The first-order valence-corrected chi connectivity index (χ1v) is 8.55. The average Bonchev–Trinajstić information content (AvgIpc) is 2.59. The Hall–Kier alpha value is -2.86. The summed E-state index contributed by atoms with van der Waals surface area (Å²) in [4.78, 5) is 35.1. The van der Waals surface area contributed by atoms with Crippen LogP contribution >= 0.6 is 0 Å². The van der Waals surface area contributed by atoms with Crippen molar-refractivity contribution in [2.24, 2.45) is 0 Å². The minimum Gasteiger partial charge on any atom is -0.535 e. The minimum absolute atomic E-state index is 0.0838. The van der Waals surface area contributed by atoms with Crippen LogP contribution in [0.5, 0.6) is 5.75 Å². The summed E-state index contributed by atoms with van der Waals surface area (Å²) in [5, 5.41) is 18.8. The van der Waals surface area contributed by atoms with Crippen LogP contribution in [-0.4, -0.2) is 36.2 Å². The van der Waals surface area contributed by atoms with E-state index in [1.165, 1.54) is 19.9 Å². The number of esters is 2. The molecule has 1 N–H and O–H groups in total. The summed E-state index contributed by atoms with van der Waals surface area (Å²) in [6.07, 6.45) is -0.372. The molecule has 142 valence electrons. The highest BCUT2D eigenvalue weighted by Crippen LogP contribution is 2.36. The number of ether oxygens (including phenoxy) is 2. The number of para-hydroxylation sites is 1. The van der Waals surface area contributed by atoms with Crippen molar-refractivity contribution in [2.75, 3.05) is 0 Å². The van der Waals surface area contributed by atoms with Crippen LogP contribution in [0, 0.1) is 11.3 Å². The van der Waals surface area contributed by atoms with Crippen LogP contribution in [-0.2, 0) is 25.5 Å². The fraction of sp³-hybridized carbons (Fsp3) is 0.444. The van der Waals surface area contributed by atoms with Crippen LogP contribution in [0.3, 0.4) is 0 Å². The van der Waals surface area contributed by atoms with Crippen molar-refractivity contribution >= 4 is 24.8 Å². The van der Waals surface area contributed by atoms with Crippen LogP contribution in [0.15, 0.2) is 18.2 Å². The van der Waals surface area contributed by atoms with Gasteiger partial charge in [0.15, 0.2) is 0 Å². The van der Waals surface area contributed by atoms with Crippen molar-refractivity contribution in [1.82, 2.24) is 0 Å². The van der Waals surface area contributed by atoms with E-state index in [1.807, 2.05) is 6.07 Å². The number of nitrogens with zero attached hydrogens (tertiary/aromatic N) is 1. The Morgan fingerprint density at radius 1 is 1.41 bits per heavy atom. The van der Waals surface area contributed by atoms with Crippen molar-refractivity contribution < 1.29 is 33.5 Å². The zero-order valence-corrected chi connectivity index (χ0v) is 15.1. The summed E-state index contributed by atoms with van der Waals surface area (Å²) in [7, 11) is -1.26. The van der Waals surface area contributed by atoms with Crippen LogP contribution in [0.2, 0.25) is 5.82 Å². The van der Waals surface area contributed by atoms with E-state index >= 15 is 0 Å². The maximum Gasteiger partial charge on any atom is 0.526 e. The molecule has 2 atom stereocenters. The van der Waals surface area contributed by atoms with E-state index in [9.17, 15) is 19.4 Å². The monoisotopic (exact) mass is 373 g/mol. The Morgan fingerprint density at radius 3 is 2.81 bits per heavy atom. The molecule has 27 heavy (non-hydrogen) atoms. The van der Waals surface area contributed by atoms with Gasteiger partial charge >= 0.3 is 19.1 Å². The first kappa shape index (κ1) is 20.5. The first-order chi connectivity index (χ1) is 12.8. The molecule has 1 aliphatic heterocycles. The van der Waals surface area contributed by atoms with Gasteiger partial charge < -0.3 is 19.2 Å². The largest absolute Gasteiger partial charge is 0.535 e. The number of Topliss-reactive ketones (excluding diaryl/α,β-unsaturated/α-hetero) is 1. The van der Waals surface area contributed by atoms with Gasteiger partial charge in [-0.1, -0.05) is 12.1 Å². The third-order valence-corrected chi connectivity index (χ3v) is 4.05. The molecule has 0 spiro atoms. The second-order valence-corrected chi connectivity index (χ2v) is 6.25. The van der Waals surface area contributed by atoms with E-state index in [0.717, 1.165) is 0 Å². The lowest BCUT2D eigenvalue weighted by Crippen LogP contribution is -2.36. The Labute approximate surface area is 157 Å². The van der Waals surface area contributed by atoms with Gasteiger partial charge in [-0.3, -0.25) is 9.59 Å². The molecule has 1 heterocycles. The van der Waals surface area contributed by atoms with Gasteiger partial charge in [-0.15, -0.1) is 0 Å². The van der Waals surface area contributed by atoms with E-state index in [4.69, 9.17) is 19.4 Å². The van der Waals surface area contributed by atoms with E-state index in [1.54, 1.807) is 12.1 Å². The molecule has 0 fully saturated rings. The molecule has 0 bridgehead atoms. The summed E-state index contributed by atoms with van der Waals surface area (Å²) in [6, 6.07) is 6.77. The fourth-order valence-corrected chi connectivity index (χ4v) is 2.88. The smallest absolute Gasteiger partial charge is 0.526 e. The number of rotatable bonds is 7. The zero-order valence-electron chi connectivity index (χ0n) is 15.1. The van der Waals surface area contributed by atoms with Crippen molar-refractivity contribution in [1.29, 1.82) is 5.26 Å². The summed E-state index contributed by atoms with van der Waals surface area (Å²) in [5.41, 5.74) is 0.757. The zero-order chi connectivity index (χ0) is 20.0. The second-order valence-electron chi connectivity index (χ2n) is 6.25. The highest BCUT2D eigenvalue weighted by molar-refractivity contribution is 6.47.